The van der Waals surface area contributed by atoms with Crippen molar-refractivity contribution in [1.82, 2.24) is 10.2 Å². The van der Waals surface area contributed by atoms with Crippen LogP contribution < -0.4 is 5.32 Å². The SMILES string of the molecule is CC1CCN(C(C)C2CCCCC2)CCCN1. The van der Waals surface area contributed by atoms with Gasteiger partial charge in [-0.15, -0.1) is 0 Å². The third kappa shape index (κ3) is 3.96. The van der Waals surface area contributed by atoms with Crippen LogP contribution >= 0.6 is 0 Å². The molecular formula is C15H30N2. The summed E-state index contributed by atoms with van der Waals surface area (Å²) in [6.45, 7) is 8.61. The molecule has 0 amide bonds. The summed E-state index contributed by atoms with van der Waals surface area (Å²) in [7, 11) is 0. The summed E-state index contributed by atoms with van der Waals surface area (Å²) in [5.41, 5.74) is 0. The Morgan fingerprint density at radius 3 is 2.53 bits per heavy atom. The first-order valence-electron chi connectivity index (χ1n) is 7.75. The quantitative estimate of drug-likeness (QED) is 0.795. The molecule has 2 heteroatoms. The fraction of sp³-hybridized carbons (Fsp3) is 1.00. The van der Waals surface area contributed by atoms with Gasteiger partial charge in [-0.25, -0.2) is 0 Å². The minimum atomic E-state index is 0.705. The largest absolute Gasteiger partial charge is 0.314 e. The van der Waals surface area contributed by atoms with Gasteiger partial charge in [0.1, 0.15) is 0 Å². The lowest BCUT2D eigenvalue weighted by atomic mass is 9.83. The van der Waals surface area contributed by atoms with E-state index in [1.807, 2.05) is 0 Å². The molecule has 1 saturated heterocycles. The summed E-state index contributed by atoms with van der Waals surface area (Å²) >= 11 is 0. The molecular weight excluding hydrogens is 208 g/mol. The molecule has 0 bridgehead atoms. The molecule has 17 heavy (non-hydrogen) atoms. The second-order valence-corrected chi connectivity index (χ2v) is 6.17. The van der Waals surface area contributed by atoms with Gasteiger partial charge in [0, 0.05) is 12.1 Å². The van der Waals surface area contributed by atoms with Gasteiger partial charge in [0.15, 0.2) is 0 Å². The number of hydrogen-bond acceptors (Lipinski definition) is 2. The van der Waals surface area contributed by atoms with Crippen LogP contribution in [0.3, 0.4) is 0 Å². The predicted octanol–water partition coefficient (Wildman–Crippen LogP) is 3.03. The zero-order valence-electron chi connectivity index (χ0n) is 11.8. The van der Waals surface area contributed by atoms with Crippen LogP contribution in [0.1, 0.15) is 58.8 Å². The van der Waals surface area contributed by atoms with Crippen LogP contribution in [0.4, 0.5) is 0 Å². The van der Waals surface area contributed by atoms with Crippen molar-refractivity contribution in [1.29, 1.82) is 0 Å². The lowest BCUT2D eigenvalue weighted by molar-refractivity contribution is 0.117. The van der Waals surface area contributed by atoms with Crippen molar-refractivity contribution in [2.75, 3.05) is 19.6 Å². The summed E-state index contributed by atoms with van der Waals surface area (Å²) in [5, 5.41) is 3.60. The van der Waals surface area contributed by atoms with Crippen LogP contribution in [0.25, 0.3) is 0 Å². The van der Waals surface area contributed by atoms with E-state index in [-0.39, 0.29) is 0 Å². The summed E-state index contributed by atoms with van der Waals surface area (Å²) < 4.78 is 0. The fourth-order valence-electron chi connectivity index (χ4n) is 3.53. The van der Waals surface area contributed by atoms with Crippen LogP contribution in [0, 0.1) is 5.92 Å². The molecule has 1 saturated carbocycles. The zero-order chi connectivity index (χ0) is 12.1. The van der Waals surface area contributed by atoms with Crippen LogP contribution in [0.2, 0.25) is 0 Å². The Bertz CT molecular complexity index is 211. The number of nitrogens with one attached hydrogen (secondary N) is 1. The maximum absolute atomic E-state index is 3.60. The Labute approximate surface area is 107 Å². The minimum absolute atomic E-state index is 0.705. The van der Waals surface area contributed by atoms with Crippen molar-refractivity contribution in [3.8, 4) is 0 Å². The Morgan fingerprint density at radius 1 is 1.00 bits per heavy atom. The maximum atomic E-state index is 3.60. The molecule has 100 valence electrons. The normalized spacial score (nSPS) is 31.8. The van der Waals surface area contributed by atoms with Gasteiger partial charge in [0.25, 0.3) is 0 Å². The van der Waals surface area contributed by atoms with Gasteiger partial charge < -0.3 is 10.2 Å². The summed E-state index contributed by atoms with van der Waals surface area (Å²) in [5.74, 6) is 0.978. The van der Waals surface area contributed by atoms with Crippen LogP contribution in [-0.4, -0.2) is 36.6 Å². The van der Waals surface area contributed by atoms with Gasteiger partial charge in [-0.05, 0) is 65.1 Å². The predicted molar refractivity (Wildman–Crippen MR) is 74.3 cm³/mol. The lowest BCUT2D eigenvalue weighted by Crippen LogP contribution is -2.45. The summed E-state index contributed by atoms with van der Waals surface area (Å²) in [4.78, 5) is 2.77. The molecule has 0 aromatic carbocycles. The van der Waals surface area contributed by atoms with E-state index in [1.165, 1.54) is 64.6 Å². The van der Waals surface area contributed by atoms with Crippen LogP contribution in [0.5, 0.6) is 0 Å². The highest BCUT2D eigenvalue weighted by molar-refractivity contribution is 4.80. The highest BCUT2D eigenvalue weighted by atomic mass is 15.2. The van der Waals surface area contributed by atoms with Gasteiger partial charge >= 0.3 is 0 Å². The Kier molecular flexibility index (Phi) is 5.30. The van der Waals surface area contributed by atoms with Gasteiger partial charge in [0.05, 0.1) is 0 Å². The first-order valence-corrected chi connectivity index (χ1v) is 7.75. The molecule has 2 atom stereocenters. The monoisotopic (exact) mass is 238 g/mol. The molecule has 1 heterocycles. The Hall–Kier alpha value is -0.0800. The van der Waals surface area contributed by atoms with Crippen molar-refractivity contribution >= 4 is 0 Å². The number of hydrogen-bond donors (Lipinski definition) is 1. The van der Waals surface area contributed by atoms with Gasteiger partial charge in [-0.1, -0.05) is 19.3 Å². The zero-order valence-corrected chi connectivity index (χ0v) is 11.8. The van der Waals surface area contributed by atoms with Crippen molar-refractivity contribution < 1.29 is 0 Å². The molecule has 2 fully saturated rings. The van der Waals surface area contributed by atoms with Crippen molar-refractivity contribution in [2.45, 2.75) is 70.9 Å². The maximum Gasteiger partial charge on any atom is 0.00952 e. The average Bonchev–Trinajstić information content (AvgIpc) is 2.35. The molecule has 2 aliphatic rings. The Morgan fingerprint density at radius 2 is 1.76 bits per heavy atom. The van der Waals surface area contributed by atoms with E-state index in [1.54, 1.807) is 0 Å². The third-order valence-corrected chi connectivity index (χ3v) is 4.87. The molecule has 1 aliphatic carbocycles. The number of nitrogens with zero attached hydrogens (tertiary/aromatic N) is 1. The van der Waals surface area contributed by atoms with E-state index in [0.717, 1.165) is 12.0 Å². The van der Waals surface area contributed by atoms with Crippen molar-refractivity contribution in [3.05, 3.63) is 0 Å². The molecule has 0 spiro atoms. The van der Waals surface area contributed by atoms with Crippen LogP contribution in [0.15, 0.2) is 0 Å². The Balaban J connectivity index is 1.85. The standard InChI is InChI=1S/C15H30N2/c1-13-9-12-17(11-6-10-16-13)14(2)15-7-4-3-5-8-15/h13-16H,3-12H2,1-2H3. The first-order chi connectivity index (χ1) is 8.27. The summed E-state index contributed by atoms with van der Waals surface area (Å²) in [6, 6.07) is 1.52. The van der Waals surface area contributed by atoms with Crippen molar-refractivity contribution in [2.24, 2.45) is 5.92 Å². The van der Waals surface area contributed by atoms with E-state index in [2.05, 4.69) is 24.1 Å². The van der Waals surface area contributed by atoms with E-state index >= 15 is 0 Å². The van der Waals surface area contributed by atoms with E-state index in [9.17, 15) is 0 Å². The fourth-order valence-corrected chi connectivity index (χ4v) is 3.53. The highest BCUT2D eigenvalue weighted by Gasteiger charge is 2.25. The number of rotatable bonds is 2. The first kappa shape index (κ1) is 13.4. The third-order valence-electron chi connectivity index (χ3n) is 4.87. The molecule has 0 aromatic rings. The van der Waals surface area contributed by atoms with Gasteiger partial charge in [-0.2, -0.15) is 0 Å². The second-order valence-electron chi connectivity index (χ2n) is 6.17. The average molecular weight is 238 g/mol. The minimum Gasteiger partial charge on any atom is -0.314 e. The molecule has 2 nitrogen and oxygen atoms in total. The van der Waals surface area contributed by atoms with E-state index in [0.29, 0.717) is 6.04 Å². The molecule has 0 radical (unpaired) electrons. The molecule has 1 aliphatic heterocycles. The summed E-state index contributed by atoms with van der Waals surface area (Å²) in [6.07, 6.45) is 10.0. The smallest absolute Gasteiger partial charge is 0.00952 e. The highest BCUT2D eigenvalue weighted by Crippen LogP contribution is 2.29. The van der Waals surface area contributed by atoms with Crippen molar-refractivity contribution in [3.63, 3.8) is 0 Å². The lowest BCUT2D eigenvalue weighted by Gasteiger charge is -2.38. The molecule has 2 rings (SSSR count). The molecule has 1 N–H and O–H groups in total. The van der Waals surface area contributed by atoms with E-state index < -0.39 is 0 Å². The topological polar surface area (TPSA) is 15.3 Å². The molecule has 0 aromatic heterocycles. The van der Waals surface area contributed by atoms with Gasteiger partial charge in [-0.3, -0.25) is 0 Å². The van der Waals surface area contributed by atoms with Crippen LogP contribution in [-0.2, 0) is 0 Å². The van der Waals surface area contributed by atoms with E-state index in [4.69, 9.17) is 0 Å². The molecule has 2 unspecified atom stereocenters. The van der Waals surface area contributed by atoms with Gasteiger partial charge in [0.2, 0.25) is 0 Å². The second kappa shape index (κ2) is 6.75.